The Balaban J connectivity index is 1.78. The maximum atomic E-state index is 16.8. The second-order valence-electron chi connectivity index (χ2n) is 9.52. The van der Waals surface area contributed by atoms with Crippen LogP contribution < -0.4 is 10.0 Å². The van der Waals surface area contributed by atoms with Crippen LogP contribution in [0.1, 0.15) is 5.56 Å². The molecule has 0 spiro atoms. The SMILES string of the molecule is Cc1c(-c2ccccc2S(C)(=O)=O)nc2ccccc2c1N(F)c1cc(N2CCOCC2)ccc1S(C)(=O)=O. The topological polar surface area (TPSA) is 96.9 Å². The summed E-state index contributed by atoms with van der Waals surface area (Å²) in [4.78, 5) is 6.63. The molecule has 0 saturated carbocycles. The number of halogens is 1. The van der Waals surface area contributed by atoms with Gasteiger partial charge in [-0.1, -0.05) is 40.9 Å². The van der Waals surface area contributed by atoms with E-state index < -0.39 is 19.7 Å². The third-order valence-electron chi connectivity index (χ3n) is 6.77. The van der Waals surface area contributed by atoms with Crippen molar-refractivity contribution in [2.75, 3.05) is 48.8 Å². The van der Waals surface area contributed by atoms with Crippen molar-refractivity contribution in [1.82, 2.24) is 4.98 Å². The van der Waals surface area contributed by atoms with Crippen molar-refractivity contribution >= 4 is 47.6 Å². The number of hydrogen-bond donors (Lipinski definition) is 0. The van der Waals surface area contributed by atoms with Gasteiger partial charge in [0.25, 0.3) is 0 Å². The zero-order chi connectivity index (χ0) is 27.9. The number of benzene rings is 3. The number of anilines is 3. The summed E-state index contributed by atoms with van der Waals surface area (Å²) in [5, 5.41) is 0.834. The fourth-order valence-corrected chi connectivity index (χ4v) is 6.63. The van der Waals surface area contributed by atoms with Crippen molar-refractivity contribution in [3.63, 3.8) is 0 Å². The molecule has 1 aliphatic heterocycles. The first-order valence-electron chi connectivity index (χ1n) is 12.3. The molecule has 0 aliphatic carbocycles. The Morgan fingerprint density at radius 2 is 1.51 bits per heavy atom. The van der Waals surface area contributed by atoms with Crippen LogP contribution in [-0.2, 0) is 24.4 Å². The van der Waals surface area contributed by atoms with E-state index in [1.165, 1.54) is 18.2 Å². The summed E-state index contributed by atoms with van der Waals surface area (Å²) in [6.07, 6.45) is 2.15. The van der Waals surface area contributed by atoms with E-state index in [0.717, 1.165) is 12.5 Å². The Hall–Kier alpha value is -3.54. The maximum Gasteiger partial charge on any atom is 0.177 e. The second kappa shape index (κ2) is 10.2. The van der Waals surface area contributed by atoms with Gasteiger partial charge in [-0.2, -0.15) is 5.12 Å². The van der Waals surface area contributed by atoms with Gasteiger partial charge in [-0.25, -0.2) is 21.8 Å². The van der Waals surface area contributed by atoms with Gasteiger partial charge in [0.2, 0.25) is 0 Å². The summed E-state index contributed by atoms with van der Waals surface area (Å²) in [6.45, 7) is 3.86. The highest BCUT2D eigenvalue weighted by molar-refractivity contribution is 7.91. The van der Waals surface area contributed by atoms with Crippen LogP contribution in [0.2, 0.25) is 0 Å². The smallest absolute Gasteiger partial charge is 0.177 e. The predicted octanol–water partition coefficient (Wildman–Crippen LogP) is 4.88. The zero-order valence-electron chi connectivity index (χ0n) is 21.8. The summed E-state index contributed by atoms with van der Waals surface area (Å²) in [6, 6.07) is 18.0. The van der Waals surface area contributed by atoms with Gasteiger partial charge >= 0.3 is 0 Å². The molecule has 8 nitrogen and oxygen atoms in total. The minimum absolute atomic E-state index is 0.0679. The molecule has 5 rings (SSSR count). The standard InChI is InChI=1S/C28H28FN3O5S2/c1-19-27(22-9-5-7-11-25(22)38(2,33)34)30-23-10-6-4-8-21(23)28(19)32(29)24-18-20(31-14-16-37-17-15-31)12-13-26(24)39(3,35)36/h4-13,18H,14-17H2,1-3H3. The molecule has 3 aromatic carbocycles. The lowest BCUT2D eigenvalue weighted by atomic mass is 10.0. The second-order valence-corrected chi connectivity index (χ2v) is 13.5. The van der Waals surface area contributed by atoms with Crippen LogP contribution in [0.15, 0.2) is 76.5 Å². The van der Waals surface area contributed by atoms with Gasteiger partial charge in [-0.05, 0) is 37.3 Å². The molecular formula is C28H28FN3O5S2. The lowest BCUT2D eigenvalue weighted by Gasteiger charge is -2.30. The van der Waals surface area contributed by atoms with Crippen LogP contribution in [0.25, 0.3) is 22.2 Å². The first-order chi connectivity index (χ1) is 18.5. The van der Waals surface area contributed by atoms with Crippen molar-refractivity contribution < 1.29 is 26.1 Å². The number of para-hydroxylation sites is 1. The highest BCUT2D eigenvalue weighted by Gasteiger charge is 2.27. The molecule has 204 valence electrons. The molecule has 11 heteroatoms. The lowest BCUT2D eigenvalue weighted by molar-refractivity contribution is 0.122. The third-order valence-corrected chi connectivity index (χ3v) is 9.07. The summed E-state index contributed by atoms with van der Waals surface area (Å²) in [5.74, 6) is 0. The average Bonchev–Trinajstić information content (AvgIpc) is 2.91. The molecule has 1 fully saturated rings. The fourth-order valence-electron chi connectivity index (χ4n) is 4.90. The summed E-state index contributed by atoms with van der Waals surface area (Å²) in [5.41, 5.74) is 2.04. The number of hydrogen-bond acceptors (Lipinski definition) is 8. The molecule has 0 N–H and O–H groups in total. The summed E-state index contributed by atoms with van der Waals surface area (Å²) < 4.78 is 72.9. The van der Waals surface area contributed by atoms with E-state index in [4.69, 9.17) is 9.72 Å². The van der Waals surface area contributed by atoms with E-state index in [1.54, 1.807) is 55.5 Å². The van der Waals surface area contributed by atoms with Gasteiger partial charge in [-0.15, -0.1) is 0 Å². The molecule has 4 aromatic rings. The van der Waals surface area contributed by atoms with Crippen LogP contribution in [0, 0.1) is 6.92 Å². The Morgan fingerprint density at radius 3 is 2.21 bits per heavy atom. The highest BCUT2D eigenvalue weighted by atomic mass is 32.2. The molecule has 1 aliphatic rings. The predicted molar refractivity (Wildman–Crippen MR) is 151 cm³/mol. The third kappa shape index (κ3) is 5.21. The van der Waals surface area contributed by atoms with E-state index in [0.29, 0.717) is 59.1 Å². The summed E-state index contributed by atoms with van der Waals surface area (Å²) >= 11 is 0. The van der Waals surface area contributed by atoms with E-state index in [9.17, 15) is 16.8 Å². The molecular weight excluding hydrogens is 541 g/mol. The summed E-state index contributed by atoms with van der Waals surface area (Å²) in [7, 11) is -7.43. The van der Waals surface area contributed by atoms with E-state index in [-0.39, 0.29) is 26.9 Å². The van der Waals surface area contributed by atoms with E-state index in [2.05, 4.69) is 0 Å². The molecule has 0 bridgehead atoms. The van der Waals surface area contributed by atoms with Gasteiger partial charge in [0.1, 0.15) is 0 Å². The Morgan fingerprint density at radius 1 is 0.872 bits per heavy atom. The molecule has 0 unspecified atom stereocenters. The molecule has 0 atom stereocenters. The van der Waals surface area contributed by atoms with Crippen molar-refractivity contribution in [2.45, 2.75) is 16.7 Å². The number of morpholine rings is 1. The molecule has 0 amide bonds. The largest absolute Gasteiger partial charge is 0.378 e. The normalized spacial score (nSPS) is 14.5. The van der Waals surface area contributed by atoms with Crippen LogP contribution in [0.4, 0.5) is 21.5 Å². The van der Waals surface area contributed by atoms with E-state index >= 15 is 4.48 Å². The van der Waals surface area contributed by atoms with Gasteiger partial charge in [0.05, 0.1) is 45.6 Å². The number of pyridine rings is 1. The van der Waals surface area contributed by atoms with Gasteiger partial charge in [0, 0.05) is 47.8 Å². The minimum atomic E-state index is -3.81. The van der Waals surface area contributed by atoms with Crippen LogP contribution in [0.3, 0.4) is 0 Å². The van der Waals surface area contributed by atoms with E-state index in [1.807, 2.05) is 4.90 Å². The van der Waals surface area contributed by atoms with Gasteiger partial charge in [0.15, 0.2) is 19.7 Å². The van der Waals surface area contributed by atoms with Gasteiger partial charge in [-0.3, -0.25) is 0 Å². The first-order valence-corrected chi connectivity index (χ1v) is 16.1. The quantitative estimate of drug-likeness (QED) is 0.303. The maximum absolute atomic E-state index is 16.8. The number of nitrogens with zero attached hydrogens (tertiary/aromatic N) is 3. The number of rotatable bonds is 6. The molecule has 0 radical (unpaired) electrons. The Labute approximate surface area is 227 Å². The number of fused-ring (bicyclic) bond motifs is 1. The Kier molecular flexibility index (Phi) is 7.08. The monoisotopic (exact) mass is 569 g/mol. The minimum Gasteiger partial charge on any atom is -0.378 e. The first kappa shape index (κ1) is 27.0. The molecule has 1 saturated heterocycles. The van der Waals surface area contributed by atoms with Crippen molar-refractivity contribution in [2.24, 2.45) is 0 Å². The number of ether oxygens (including phenoxy) is 1. The lowest BCUT2D eigenvalue weighted by Crippen LogP contribution is -2.36. The average molecular weight is 570 g/mol. The molecule has 2 heterocycles. The number of aromatic nitrogens is 1. The van der Waals surface area contributed by atoms with Crippen LogP contribution in [-0.4, -0.2) is 60.6 Å². The van der Waals surface area contributed by atoms with Gasteiger partial charge < -0.3 is 9.64 Å². The fraction of sp³-hybridized carbons (Fsp3) is 0.250. The Bertz CT molecular complexity index is 1790. The van der Waals surface area contributed by atoms with Crippen LogP contribution in [0.5, 0.6) is 0 Å². The zero-order valence-corrected chi connectivity index (χ0v) is 23.4. The molecule has 39 heavy (non-hydrogen) atoms. The molecule has 1 aromatic heterocycles. The van der Waals surface area contributed by atoms with Crippen molar-refractivity contribution in [3.05, 3.63) is 72.3 Å². The van der Waals surface area contributed by atoms with Crippen molar-refractivity contribution in [3.8, 4) is 11.3 Å². The van der Waals surface area contributed by atoms with Crippen LogP contribution >= 0.6 is 0 Å². The number of sulfone groups is 2. The van der Waals surface area contributed by atoms with Crippen molar-refractivity contribution in [1.29, 1.82) is 0 Å². The highest BCUT2D eigenvalue weighted by Crippen LogP contribution is 2.43.